The third-order valence-electron chi connectivity index (χ3n) is 6.47. The summed E-state index contributed by atoms with van der Waals surface area (Å²) < 4.78 is 6.13. The Morgan fingerprint density at radius 3 is 2.60 bits per heavy atom. The summed E-state index contributed by atoms with van der Waals surface area (Å²) in [5.74, 6) is -0.215. The maximum atomic E-state index is 12.7. The van der Waals surface area contributed by atoms with Crippen LogP contribution in [-0.4, -0.2) is 44.3 Å². The number of carbonyl (C=O) groups excluding carboxylic acids is 2. The fourth-order valence-electron chi connectivity index (χ4n) is 4.71. The second-order valence-corrected chi connectivity index (χ2v) is 10.7. The predicted molar refractivity (Wildman–Crippen MR) is 141 cm³/mol. The molecule has 5 rings (SSSR count). The highest BCUT2D eigenvalue weighted by Crippen LogP contribution is 2.32. The van der Waals surface area contributed by atoms with Gasteiger partial charge in [0.25, 0.3) is 5.91 Å². The average molecular weight is 510 g/mol. The van der Waals surface area contributed by atoms with Gasteiger partial charge in [0.1, 0.15) is 6.10 Å². The van der Waals surface area contributed by atoms with Gasteiger partial charge < -0.3 is 15.0 Å². The zero-order chi connectivity index (χ0) is 24.2. The van der Waals surface area contributed by atoms with Gasteiger partial charge in [-0.25, -0.2) is 4.79 Å². The van der Waals surface area contributed by atoms with Gasteiger partial charge in [0.05, 0.1) is 22.3 Å². The van der Waals surface area contributed by atoms with E-state index < -0.39 is 6.10 Å². The van der Waals surface area contributed by atoms with E-state index in [0.717, 1.165) is 25.2 Å². The van der Waals surface area contributed by atoms with Gasteiger partial charge in [-0.05, 0) is 67.1 Å². The summed E-state index contributed by atoms with van der Waals surface area (Å²) in [6.45, 7) is 2.76. The summed E-state index contributed by atoms with van der Waals surface area (Å²) in [5.41, 5.74) is 4.50. The maximum Gasteiger partial charge on any atom is 0.414 e. The number of ether oxygens (including phenoxy) is 1. The smallest absolute Gasteiger partial charge is 0.414 e. The minimum Gasteiger partial charge on any atom is -0.442 e. The largest absolute Gasteiger partial charge is 0.442 e. The minimum absolute atomic E-state index is 0.215. The Balaban J connectivity index is 1.31. The first-order valence-corrected chi connectivity index (χ1v) is 13.2. The number of rotatable bonds is 7. The number of hydrogen-bond donors (Lipinski definition) is 1. The van der Waals surface area contributed by atoms with Crippen molar-refractivity contribution in [1.29, 1.82) is 0 Å². The van der Waals surface area contributed by atoms with Crippen LogP contribution in [0.1, 0.15) is 40.1 Å². The van der Waals surface area contributed by atoms with Crippen molar-refractivity contribution in [2.75, 3.05) is 36.0 Å². The van der Waals surface area contributed by atoms with Crippen LogP contribution in [0.3, 0.4) is 0 Å². The second kappa shape index (κ2) is 10.7. The van der Waals surface area contributed by atoms with E-state index in [2.05, 4.69) is 46.6 Å². The van der Waals surface area contributed by atoms with Crippen molar-refractivity contribution < 1.29 is 14.3 Å². The number of halogens is 1. The normalized spacial score (nSPS) is 18.0. The summed E-state index contributed by atoms with van der Waals surface area (Å²) in [6, 6.07) is 20.1. The molecule has 1 atom stereocenters. The van der Waals surface area contributed by atoms with Crippen LogP contribution in [0.15, 0.2) is 60.7 Å². The van der Waals surface area contributed by atoms with E-state index in [4.69, 9.17) is 16.3 Å². The van der Waals surface area contributed by atoms with Crippen molar-refractivity contribution in [1.82, 2.24) is 5.32 Å². The Hall–Kier alpha value is -3.03. The number of nitrogens with one attached hydrogen (secondary N) is 1. The van der Waals surface area contributed by atoms with Crippen LogP contribution >= 0.6 is 22.9 Å². The van der Waals surface area contributed by atoms with Gasteiger partial charge in [-0.3, -0.25) is 9.69 Å². The molecule has 2 fully saturated rings. The molecule has 0 spiro atoms. The van der Waals surface area contributed by atoms with E-state index in [9.17, 15) is 9.59 Å². The van der Waals surface area contributed by atoms with Gasteiger partial charge in [-0.1, -0.05) is 41.9 Å². The molecule has 2 aliphatic rings. The molecule has 2 saturated heterocycles. The first-order chi connectivity index (χ1) is 17.1. The maximum absolute atomic E-state index is 12.7. The molecule has 3 aromatic rings. The van der Waals surface area contributed by atoms with Crippen LogP contribution in [0.5, 0.6) is 0 Å². The monoisotopic (exact) mass is 509 g/mol. The van der Waals surface area contributed by atoms with E-state index in [1.165, 1.54) is 47.4 Å². The lowest BCUT2D eigenvalue weighted by molar-refractivity contribution is 0.0920. The molecule has 1 N–H and O–H groups in total. The number of amides is 2. The number of cyclic esters (lactones) is 1. The topological polar surface area (TPSA) is 61.9 Å². The van der Waals surface area contributed by atoms with Crippen molar-refractivity contribution >= 4 is 46.3 Å². The fourth-order valence-corrected chi connectivity index (χ4v) is 5.67. The molecule has 1 aromatic heterocycles. The Labute approximate surface area is 214 Å². The molecule has 0 aliphatic carbocycles. The summed E-state index contributed by atoms with van der Waals surface area (Å²) in [5, 5.41) is 2.85. The average Bonchev–Trinajstić information content (AvgIpc) is 3.49. The first-order valence-electron chi connectivity index (χ1n) is 12.0. The lowest BCUT2D eigenvalue weighted by atomic mass is 10.00. The van der Waals surface area contributed by atoms with Crippen molar-refractivity contribution in [3.8, 4) is 0 Å². The lowest BCUT2D eigenvalue weighted by Gasteiger charge is -2.31. The molecular formula is C27H28ClN3O3S. The number of piperidine rings is 1. The van der Waals surface area contributed by atoms with Crippen LogP contribution in [0, 0.1) is 0 Å². The van der Waals surface area contributed by atoms with Crippen LogP contribution in [-0.2, 0) is 11.2 Å². The third kappa shape index (κ3) is 5.63. The van der Waals surface area contributed by atoms with Crippen LogP contribution < -0.4 is 15.1 Å². The molecule has 6 nitrogen and oxygen atoms in total. The third-order valence-corrected chi connectivity index (χ3v) is 7.70. The van der Waals surface area contributed by atoms with Gasteiger partial charge in [0.2, 0.25) is 0 Å². The van der Waals surface area contributed by atoms with Gasteiger partial charge in [-0.15, -0.1) is 11.3 Å². The van der Waals surface area contributed by atoms with E-state index >= 15 is 0 Å². The predicted octanol–water partition coefficient (Wildman–Crippen LogP) is 5.74. The molecule has 0 saturated carbocycles. The van der Waals surface area contributed by atoms with Gasteiger partial charge in [-0.2, -0.15) is 0 Å². The van der Waals surface area contributed by atoms with Crippen molar-refractivity contribution in [3.05, 3.63) is 81.0 Å². The Kier molecular flexibility index (Phi) is 7.25. The molecule has 2 amide bonds. The quantitative estimate of drug-likeness (QED) is 0.441. The number of carbonyl (C=O) groups is 2. The Bertz CT molecular complexity index is 1190. The molecule has 2 aromatic carbocycles. The molecule has 2 aliphatic heterocycles. The SMILES string of the molecule is O=C(NCC1CN(c2ccc(N3CCCCC3)c(Cc3ccccc3)c2)C(=O)O1)c1ccc(Cl)s1. The van der Waals surface area contributed by atoms with Gasteiger partial charge >= 0.3 is 6.09 Å². The van der Waals surface area contributed by atoms with Gasteiger partial charge in [0, 0.05) is 24.5 Å². The summed E-state index contributed by atoms with van der Waals surface area (Å²) in [6.07, 6.45) is 3.68. The second-order valence-electron chi connectivity index (χ2n) is 8.95. The summed E-state index contributed by atoms with van der Waals surface area (Å²) in [7, 11) is 0. The molecule has 35 heavy (non-hydrogen) atoms. The first kappa shape index (κ1) is 23.7. The number of hydrogen-bond acceptors (Lipinski definition) is 5. The molecular weight excluding hydrogens is 482 g/mol. The van der Waals surface area contributed by atoms with Crippen molar-refractivity contribution in [2.24, 2.45) is 0 Å². The number of thiophene rings is 1. The zero-order valence-corrected chi connectivity index (χ0v) is 21.0. The number of benzene rings is 2. The van der Waals surface area contributed by atoms with Crippen LogP contribution in [0.4, 0.5) is 16.2 Å². The fraction of sp³-hybridized carbons (Fsp3) is 0.333. The Morgan fingerprint density at radius 1 is 1.06 bits per heavy atom. The standard InChI is InChI=1S/C27H28ClN3O3S/c28-25-12-11-24(35-25)26(32)29-17-22-18-31(27(33)34-22)21-9-10-23(30-13-5-2-6-14-30)20(16-21)15-19-7-3-1-4-8-19/h1,3-4,7-12,16,22H,2,5-6,13-15,17-18H2,(H,29,32). The molecule has 182 valence electrons. The van der Waals surface area contributed by atoms with E-state index in [1.807, 2.05) is 12.1 Å². The molecule has 3 heterocycles. The summed E-state index contributed by atoms with van der Waals surface area (Å²) >= 11 is 7.14. The summed E-state index contributed by atoms with van der Waals surface area (Å²) in [4.78, 5) is 29.7. The van der Waals surface area contributed by atoms with Gasteiger partial charge in [0.15, 0.2) is 0 Å². The van der Waals surface area contributed by atoms with E-state index in [0.29, 0.717) is 15.8 Å². The zero-order valence-electron chi connectivity index (χ0n) is 19.4. The van der Waals surface area contributed by atoms with Crippen molar-refractivity contribution in [3.63, 3.8) is 0 Å². The van der Waals surface area contributed by atoms with Crippen molar-refractivity contribution in [2.45, 2.75) is 31.8 Å². The minimum atomic E-state index is -0.416. The number of nitrogens with zero attached hydrogens (tertiary/aromatic N) is 2. The highest BCUT2D eigenvalue weighted by molar-refractivity contribution is 7.18. The number of anilines is 2. The lowest BCUT2D eigenvalue weighted by Crippen LogP contribution is -2.34. The molecule has 0 radical (unpaired) electrons. The van der Waals surface area contributed by atoms with Crippen LogP contribution in [0.25, 0.3) is 0 Å². The van der Waals surface area contributed by atoms with E-state index in [1.54, 1.807) is 17.0 Å². The van der Waals surface area contributed by atoms with Crippen LogP contribution in [0.2, 0.25) is 4.34 Å². The molecule has 0 bridgehead atoms. The molecule has 1 unspecified atom stereocenters. The highest BCUT2D eigenvalue weighted by atomic mass is 35.5. The van der Waals surface area contributed by atoms with E-state index in [-0.39, 0.29) is 18.5 Å². The Morgan fingerprint density at radius 2 is 1.86 bits per heavy atom. The highest BCUT2D eigenvalue weighted by Gasteiger charge is 2.33. The molecule has 8 heteroatoms.